The Labute approximate surface area is 125 Å². The average molecular weight is 309 g/mol. The van der Waals surface area contributed by atoms with Gasteiger partial charge in [-0.3, -0.25) is 4.79 Å². The Kier molecular flexibility index (Phi) is 4.12. The summed E-state index contributed by atoms with van der Waals surface area (Å²) in [5.74, 6) is -1.38. The Morgan fingerprint density at radius 1 is 1.05 bits per heavy atom. The molecule has 3 nitrogen and oxygen atoms in total. The Morgan fingerprint density at radius 3 is 2.14 bits per heavy atom. The third-order valence-corrected chi connectivity index (χ3v) is 3.05. The second kappa shape index (κ2) is 5.71. The molecule has 0 aliphatic carbocycles. The van der Waals surface area contributed by atoms with Crippen molar-refractivity contribution in [3.63, 3.8) is 0 Å². The van der Waals surface area contributed by atoms with Gasteiger partial charge in [0.2, 0.25) is 0 Å². The normalized spacial score (nSPS) is 11.3. The zero-order valence-electron chi connectivity index (χ0n) is 12.0. The summed E-state index contributed by atoms with van der Waals surface area (Å²) in [5.41, 5.74) is 1.17. The van der Waals surface area contributed by atoms with Gasteiger partial charge in [0, 0.05) is 5.69 Å². The molecule has 0 radical (unpaired) electrons. The van der Waals surface area contributed by atoms with Crippen molar-refractivity contribution in [2.24, 2.45) is 0 Å². The smallest absolute Gasteiger partial charge is 0.416 e. The number of phenolic OH excluding ortho intramolecular Hbond substituents is 1. The van der Waals surface area contributed by atoms with E-state index >= 15 is 0 Å². The maximum absolute atomic E-state index is 12.5. The molecule has 2 aromatic rings. The van der Waals surface area contributed by atoms with Crippen molar-refractivity contribution in [1.82, 2.24) is 0 Å². The van der Waals surface area contributed by atoms with Crippen LogP contribution in [0, 0.1) is 13.8 Å². The molecule has 2 aromatic carbocycles. The van der Waals surface area contributed by atoms with Crippen LogP contribution in [0.25, 0.3) is 0 Å². The van der Waals surface area contributed by atoms with E-state index in [0.29, 0.717) is 11.8 Å². The molecule has 0 saturated carbocycles. The van der Waals surface area contributed by atoms with E-state index in [0.717, 1.165) is 23.3 Å². The first-order chi connectivity index (χ1) is 10.2. The van der Waals surface area contributed by atoms with Gasteiger partial charge in [0.1, 0.15) is 5.75 Å². The molecule has 0 spiro atoms. The minimum atomic E-state index is -4.57. The van der Waals surface area contributed by atoms with Crippen LogP contribution in [0.1, 0.15) is 27.0 Å². The summed E-state index contributed by atoms with van der Waals surface area (Å²) in [6.07, 6.45) is -4.57. The number of alkyl halides is 3. The van der Waals surface area contributed by atoms with Crippen LogP contribution in [-0.4, -0.2) is 11.0 Å². The molecule has 6 heteroatoms. The number of amides is 1. The molecule has 0 fully saturated rings. The number of phenols is 1. The van der Waals surface area contributed by atoms with Crippen molar-refractivity contribution in [2.75, 3.05) is 5.32 Å². The Hall–Kier alpha value is -2.50. The fourth-order valence-corrected chi connectivity index (χ4v) is 2.15. The number of carbonyl (C=O) groups is 1. The first kappa shape index (κ1) is 15.9. The fourth-order valence-electron chi connectivity index (χ4n) is 2.15. The van der Waals surface area contributed by atoms with Crippen molar-refractivity contribution in [2.45, 2.75) is 20.0 Å². The van der Waals surface area contributed by atoms with E-state index in [1.807, 2.05) is 19.9 Å². The lowest BCUT2D eigenvalue weighted by molar-refractivity contribution is -0.137. The van der Waals surface area contributed by atoms with E-state index in [1.54, 1.807) is 12.1 Å². The van der Waals surface area contributed by atoms with Crippen LogP contribution < -0.4 is 5.32 Å². The number of rotatable bonds is 2. The number of nitrogens with one attached hydrogen (secondary N) is 1. The van der Waals surface area contributed by atoms with Crippen LogP contribution in [-0.2, 0) is 6.18 Å². The summed E-state index contributed by atoms with van der Waals surface area (Å²) < 4.78 is 37.6. The van der Waals surface area contributed by atoms with Gasteiger partial charge in [-0.15, -0.1) is 0 Å². The minimum absolute atomic E-state index is 0.216. The van der Waals surface area contributed by atoms with Gasteiger partial charge in [-0.05, 0) is 55.3 Å². The summed E-state index contributed by atoms with van der Waals surface area (Å²) in [7, 11) is 0. The standard InChI is InChI=1S/C16H14F3NO2/c1-9-5-10(2)7-12(6-9)20-15(22)13-4-3-11(8-14(13)21)16(17,18)19/h3-8,21H,1-2H3,(H,20,22). The summed E-state index contributed by atoms with van der Waals surface area (Å²) in [6.45, 7) is 3.72. The van der Waals surface area contributed by atoms with Gasteiger partial charge in [0.15, 0.2) is 0 Å². The number of hydrogen-bond acceptors (Lipinski definition) is 2. The second-order valence-electron chi connectivity index (χ2n) is 5.06. The van der Waals surface area contributed by atoms with E-state index in [-0.39, 0.29) is 5.56 Å². The molecule has 0 bridgehead atoms. The molecule has 22 heavy (non-hydrogen) atoms. The van der Waals surface area contributed by atoms with Crippen molar-refractivity contribution in [3.8, 4) is 5.75 Å². The van der Waals surface area contributed by atoms with Crippen LogP contribution in [0.15, 0.2) is 36.4 Å². The van der Waals surface area contributed by atoms with Gasteiger partial charge in [0.25, 0.3) is 5.91 Å². The summed E-state index contributed by atoms with van der Waals surface area (Å²) in [5, 5.41) is 12.2. The van der Waals surface area contributed by atoms with E-state index < -0.39 is 23.4 Å². The monoisotopic (exact) mass is 309 g/mol. The summed E-state index contributed by atoms with van der Waals surface area (Å²) >= 11 is 0. The van der Waals surface area contributed by atoms with Crippen molar-refractivity contribution >= 4 is 11.6 Å². The number of benzene rings is 2. The fraction of sp³-hybridized carbons (Fsp3) is 0.188. The third-order valence-electron chi connectivity index (χ3n) is 3.05. The Bertz CT molecular complexity index is 704. The first-order valence-electron chi connectivity index (χ1n) is 6.46. The molecule has 0 atom stereocenters. The van der Waals surface area contributed by atoms with Gasteiger partial charge in [-0.1, -0.05) is 6.07 Å². The molecular formula is C16H14F3NO2. The molecule has 0 aromatic heterocycles. The summed E-state index contributed by atoms with van der Waals surface area (Å²) in [4.78, 5) is 12.1. The van der Waals surface area contributed by atoms with Crippen molar-refractivity contribution in [3.05, 3.63) is 58.7 Å². The van der Waals surface area contributed by atoms with E-state index in [9.17, 15) is 23.1 Å². The molecule has 0 saturated heterocycles. The summed E-state index contributed by atoms with van der Waals surface area (Å²) in [6, 6.07) is 7.63. The number of halogens is 3. The molecular weight excluding hydrogens is 295 g/mol. The van der Waals surface area contributed by atoms with E-state index in [2.05, 4.69) is 5.32 Å². The third kappa shape index (κ3) is 3.58. The van der Waals surface area contributed by atoms with Crippen LogP contribution in [0.4, 0.5) is 18.9 Å². The highest BCUT2D eigenvalue weighted by Crippen LogP contribution is 2.32. The number of aromatic hydroxyl groups is 1. The average Bonchev–Trinajstić information content (AvgIpc) is 2.35. The first-order valence-corrected chi connectivity index (χ1v) is 6.46. The predicted molar refractivity (Wildman–Crippen MR) is 77.0 cm³/mol. The highest BCUT2D eigenvalue weighted by Gasteiger charge is 2.31. The van der Waals surface area contributed by atoms with Gasteiger partial charge in [-0.2, -0.15) is 13.2 Å². The van der Waals surface area contributed by atoms with Crippen LogP contribution in [0.5, 0.6) is 5.75 Å². The second-order valence-corrected chi connectivity index (χ2v) is 5.06. The molecule has 2 N–H and O–H groups in total. The topological polar surface area (TPSA) is 49.3 Å². The maximum atomic E-state index is 12.5. The van der Waals surface area contributed by atoms with E-state index in [4.69, 9.17) is 0 Å². The number of anilines is 1. The predicted octanol–water partition coefficient (Wildman–Crippen LogP) is 4.28. The van der Waals surface area contributed by atoms with Gasteiger partial charge >= 0.3 is 6.18 Å². The lowest BCUT2D eigenvalue weighted by Gasteiger charge is -2.11. The number of aryl methyl sites for hydroxylation is 2. The lowest BCUT2D eigenvalue weighted by atomic mass is 10.1. The Balaban J connectivity index is 2.26. The zero-order chi connectivity index (χ0) is 16.5. The van der Waals surface area contributed by atoms with Crippen molar-refractivity contribution in [1.29, 1.82) is 0 Å². The zero-order valence-corrected chi connectivity index (χ0v) is 12.0. The highest BCUT2D eigenvalue weighted by molar-refractivity contribution is 6.06. The number of carbonyl (C=O) groups excluding carboxylic acids is 1. The minimum Gasteiger partial charge on any atom is -0.507 e. The lowest BCUT2D eigenvalue weighted by Crippen LogP contribution is -2.13. The molecule has 0 aliphatic rings. The van der Waals surface area contributed by atoms with Crippen molar-refractivity contribution < 1.29 is 23.1 Å². The Morgan fingerprint density at radius 2 is 1.64 bits per heavy atom. The van der Waals surface area contributed by atoms with Gasteiger partial charge in [0.05, 0.1) is 11.1 Å². The molecule has 2 rings (SSSR count). The molecule has 0 heterocycles. The molecule has 0 unspecified atom stereocenters. The SMILES string of the molecule is Cc1cc(C)cc(NC(=O)c2ccc(C(F)(F)F)cc2O)c1. The van der Waals surface area contributed by atoms with Gasteiger partial charge in [-0.25, -0.2) is 0 Å². The number of hydrogen-bond donors (Lipinski definition) is 2. The molecule has 1 amide bonds. The molecule has 0 aliphatic heterocycles. The quantitative estimate of drug-likeness (QED) is 0.870. The highest BCUT2D eigenvalue weighted by atomic mass is 19.4. The van der Waals surface area contributed by atoms with Gasteiger partial charge < -0.3 is 10.4 Å². The molecule has 116 valence electrons. The van der Waals surface area contributed by atoms with Crippen LogP contribution in [0.2, 0.25) is 0 Å². The van der Waals surface area contributed by atoms with Crippen LogP contribution >= 0.6 is 0 Å². The largest absolute Gasteiger partial charge is 0.507 e. The van der Waals surface area contributed by atoms with Crippen LogP contribution in [0.3, 0.4) is 0 Å². The van der Waals surface area contributed by atoms with E-state index in [1.165, 1.54) is 0 Å². The maximum Gasteiger partial charge on any atom is 0.416 e.